The zero-order valence-electron chi connectivity index (χ0n) is 10.7. The van der Waals surface area contributed by atoms with Crippen LogP contribution < -0.4 is 0 Å². The molecule has 102 valence electrons. The maximum absolute atomic E-state index is 11.9. The second-order valence-corrected chi connectivity index (χ2v) is 5.15. The van der Waals surface area contributed by atoms with Gasteiger partial charge in [0.05, 0.1) is 24.0 Å². The van der Waals surface area contributed by atoms with Crippen LogP contribution in [0.4, 0.5) is 0 Å². The van der Waals surface area contributed by atoms with E-state index in [1.807, 2.05) is 19.0 Å². The van der Waals surface area contributed by atoms with Gasteiger partial charge < -0.3 is 19.5 Å². The Hall–Kier alpha value is -1.14. The Morgan fingerprint density at radius 3 is 2.44 bits per heavy atom. The fourth-order valence-corrected chi connectivity index (χ4v) is 2.72. The molecule has 1 N–H and O–H groups in total. The number of nitrogens with zero attached hydrogens (tertiary/aromatic N) is 1. The van der Waals surface area contributed by atoms with Crippen molar-refractivity contribution in [3.63, 3.8) is 0 Å². The molecule has 2 aliphatic rings. The number of fused-ring (bicyclic) bond motifs is 2. The normalized spacial score (nSPS) is 33.9. The van der Waals surface area contributed by atoms with Crippen LogP contribution in [0, 0.1) is 11.8 Å². The van der Waals surface area contributed by atoms with Crippen molar-refractivity contribution in [2.45, 2.75) is 25.0 Å². The molecule has 0 aromatic rings. The number of carboxylic acids is 1. The van der Waals surface area contributed by atoms with E-state index in [1.54, 1.807) is 0 Å². The van der Waals surface area contributed by atoms with Gasteiger partial charge in [0.2, 0.25) is 0 Å². The lowest BCUT2D eigenvalue weighted by Crippen LogP contribution is -2.39. The number of carbonyl (C=O) groups is 2. The molecule has 0 saturated carbocycles. The van der Waals surface area contributed by atoms with Gasteiger partial charge in [0, 0.05) is 6.54 Å². The average molecular weight is 257 g/mol. The molecule has 2 heterocycles. The molecule has 6 nitrogen and oxygen atoms in total. The lowest BCUT2D eigenvalue weighted by molar-refractivity contribution is -0.158. The molecule has 18 heavy (non-hydrogen) atoms. The van der Waals surface area contributed by atoms with Crippen LogP contribution in [-0.2, 0) is 19.1 Å². The number of likely N-dealkylation sites (N-methyl/N-ethyl adjacent to an activating group) is 1. The van der Waals surface area contributed by atoms with E-state index in [0.717, 1.165) is 12.8 Å². The first kappa shape index (κ1) is 13.3. The average Bonchev–Trinajstić information content (AvgIpc) is 2.87. The number of esters is 1. The molecule has 2 saturated heterocycles. The number of ether oxygens (including phenoxy) is 2. The smallest absolute Gasteiger partial charge is 0.312 e. The van der Waals surface area contributed by atoms with Crippen molar-refractivity contribution in [3.05, 3.63) is 0 Å². The molecular formula is C12H19NO5. The molecule has 0 aromatic heterocycles. The highest BCUT2D eigenvalue weighted by Gasteiger charge is 2.56. The van der Waals surface area contributed by atoms with Crippen molar-refractivity contribution < 1.29 is 24.2 Å². The molecule has 2 fully saturated rings. The zero-order chi connectivity index (χ0) is 13.3. The molecule has 0 amide bonds. The Morgan fingerprint density at radius 1 is 1.28 bits per heavy atom. The summed E-state index contributed by atoms with van der Waals surface area (Å²) in [6, 6.07) is 0. The second-order valence-electron chi connectivity index (χ2n) is 5.15. The topological polar surface area (TPSA) is 76.1 Å². The number of rotatable bonds is 5. The number of carbonyl (C=O) groups excluding carboxylic acids is 1. The summed E-state index contributed by atoms with van der Waals surface area (Å²) in [7, 11) is 3.77. The third-order valence-electron chi connectivity index (χ3n) is 3.61. The van der Waals surface area contributed by atoms with Gasteiger partial charge in [-0.2, -0.15) is 0 Å². The molecule has 0 radical (unpaired) electrons. The standard InChI is InChI=1S/C12H19NO5/c1-13(2)5-6-17-12(16)10-8-4-3-7(18-8)9(10)11(14)15/h7-10H,3-6H2,1-2H3,(H,14,15). The Bertz CT molecular complexity index is 343. The van der Waals surface area contributed by atoms with Crippen LogP contribution in [0.2, 0.25) is 0 Å². The van der Waals surface area contributed by atoms with E-state index >= 15 is 0 Å². The number of carboxylic acid groups (broad SMARTS) is 1. The van der Waals surface area contributed by atoms with E-state index in [0.29, 0.717) is 6.54 Å². The molecule has 6 heteroatoms. The van der Waals surface area contributed by atoms with Crippen molar-refractivity contribution in [2.24, 2.45) is 11.8 Å². The highest BCUT2D eigenvalue weighted by atomic mass is 16.5. The van der Waals surface area contributed by atoms with Gasteiger partial charge in [-0.1, -0.05) is 0 Å². The van der Waals surface area contributed by atoms with Crippen LogP contribution in [-0.4, -0.2) is 61.4 Å². The quantitative estimate of drug-likeness (QED) is 0.697. The Balaban J connectivity index is 1.94. The van der Waals surface area contributed by atoms with Gasteiger partial charge in [-0.05, 0) is 26.9 Å². The fraction of sp³-hybridized carbons (Fsp3) is 0.833. The molecule has 0 aromatic carbocycles. The van der Waals surface area contributed by atoms with Crippen LogP contribution >= 0.6 is 0 Å². The molecule has 2 rings (SSSR count). The first-order chi connectivity index (χ1) is 8.50. The number of hydrogen-bond acceptors (Lipinski definition) is 5. The predicted octanol–water partition coefficient (Wildman–Crippen LogP) is -0.0306. The first-order valence-electron chi connectivity index (χ1n) is 6.20. The van der Waals surface area contributed by atoms with Crippen LogP contribution in [0.15, 0.2) is 0 Å². The molecule has 4 atom stereocenters. The van der Waals surface area contributed by atoms with Gasteiger partial charge in [0.25, 0.3) is 0 Å². The van der Waals surface area contributed by atoms with Crippen molar-refractivity contribution >= 4 is 11.9 Å². The van der Waals surface area contributed by atoms with Crippen molar-refractivity contribution in [2.75, 3.05) is 27.2 Å². The van der Waals surface area contributed by atoms with Crippen molar-refractivity contribution in [3.8, 4) is 0 Å². The lowest BCUT2D eigenvalue weighted by Gasteiger charge is -2.23. The molecular weight excluding hydrogens is 238 g/mol. The summed E-state index contributed by atoms with van der Waals surface area (Å²) in [4.78, 5) is 25.0. The number of hydrogen-bond donors (Lipinski definition) is 1. The van der Waals surface area contributed by atoms with Gasteiger partial charge in [0.1, 0.15) is 6.61 Å². The molecule has 0 aliphatic carbocycles. The van der Waals surface area contributed by atoms with Gasteiger partial charge in [-0.3, -0.25) is 9.59 Å². The summed E-state index contributed by atoms with van der Waals surface area (Å²) in [6.07, 6.45) is 0.882. The highest BCUT2D eigenvalue weighted by molar-refractivity contribution is 5.83. The third-order valence-corrected chi connectivity index (χ3v) is 3.61. The van der Waals surface area contributed by atoms with E-state index in [9.17, 15) is 14.7 Å². The summed E-state index contributed by atoms with van der Waals surface area (Å²) < 4.78 is 10.7. The number of aliphatic carboxylic acids is 1. The van der Waals surface area contributed by atoms with Crippen LogP contribution in [0.25, 0.3) is 0 Å². The molecule has 0 spiro atoms. The largest absolute Gasteiger partial charge is 0.481 e. The van der Waals surface area contributed by atoms with E-state index in [-0.39, 0.29) is 18.8 Å². The molecule has 4 unspecified atom stereocenters. The second kappa shape index (κ2) is 5.24. The Morgan fingerprint density at radius 2 is 1.89 bits per heavy atom. The van der Waals surface area contributed by atoms with E-state index < -0.39 is 23.8 Å². The minimum absolute atomic E-state index is 0.275. The minimum atomic E-state index is -0.961. The van der Waals surface area contributed by atoms with Crippen LogP contribution in [0.5, 0.6) is 0 Å². The Kier molecular flexibility index (Phi) is 3.87. The fourth-order valence-electron chi connectivity index (χ4n) is 2.72. The monoisotopic (exact) mass is 257 g/mol. The summed E-state index contributed by atoms with van der Waals surface area (Å²) in [5.74, 6) is -2.77. The van der Waals surface area contributed by atoms with Crippen LogP contribution in [0.1, 0.15) is 12.8 Å². The van der Waals surface area contributed by atoms with Crippen molar-refractivity contribution in [1.82, 2.24) is 4.90 Å². The lowest BCUT2D eigenvalue weighted by atomic mass is 9.79. The summed E-state index contributed by atoms with van der Waals surface area (Å²) in [5, 5.41) is 9.17. The highest BCUT2D eigenvalue weighted by Crippen LogP contribution is 2.44. The van der Waals surface area contributed by atoms with Crippen molar-refractivity contribution in [1.29, 1.82) is 0 Å². The maximum atomic E-state index is 11.9. The van der Waals surface area contributed by atoms with Gasteiger partial charge in [-0.15, -0.1) is 0 Å². The summed E-state index contributed by atoms with van der Waals surface area (Å²) >= 11 is 0. The predicted molar refractivity (Wildman–Crippen MR) is 62.0 cm³/mol. The van der Waals surface area contributed by atoms with Gasteiger partial charge in [-0.25, -0.2) is 0 Å². The molecule has 2 aliphatic heterocycles. The van der Waals surface area contributed by atoms with E-state index in [2.05, 4.69) is 0 Å². The summed E-state index contributed by atoms with van der Waals surface area (Å²) in [6.45, 7) is 0.914. The first-order valence-corrected chi connectivity index (χ1v) is 6.20. The van der Waals surface area contributed by atoms with Crippen LogP contribution in [0.3, 0.4) is 0 Å². The maximum Gasteiger partial charge on any atom is 0.312 e. The SMILES string of the molecule is CN(C)CCOC(=O)C1C2CCC(O2)C1C(=O)O. The zero-order valence-corrected chi connectivity index (χ0v) is 10.7. The summed E-state index contributed by atoms with van der Waals surface area (Å²) in [5.41, 5.74) is 0. The van der Waals surface area contributed by atoms with Gasteiger partial charge in [0.15, 0.2) is 0 Å². The third kappa shape index (κ3) is 2.49. The van der Waals surface area contributed by atoms with E-state index in [1.165, 1.54) is 0 Å². The minimum Gasteiger partial charge on any atom is -0.481 e. The van der Waals surface area contributed by atoms with Gasteiger partial charge >= 0.3 is 11.9 Å². The Labute approximate surface area is 106 Å². The van der Waals surface area contributed by atoms with E-state index in [4.69, 9.17) is 9.47 Å². The molecule has 2 bridgehead atoms.